The lowest BCUT2D eigenvalue weighted by molar-refractivity contribution is -0.155. The highest BCUT2D eigenvalue weighted by Gasteiger charge is 2.44. The van der Waals surface area contributed by atoms with Gasteiger partial charge in [-0.2, -0.15) is 0 Å². The predicted molar refractivity (Wildman–Crippen MR) is 94.4 cm³/mol. The third-order valence-corrected chi connectivity index (χ3v) is 4.99. The topological polar surface area (TPSA) is 66.8 Å². The number of unbranched alkanes of at least 4 members (excludes halogenated alkanes) is 3. The van der Waals surface area contributed by atoms with Crippen LogP contribution in [0.2, 0.25) is 0 Å². The van der Waals surface area contributed by atoms with Gasteiger partial charge in [-0.05, 0) is 44.4 Å². The van der Waals surface area contributed by atoms with Crippen LogP contribution in [0.3, 0.4) is 0 Å². The first-order chi connectivity index (χ1) is 11.6. The zero-order valence-corrected chi connectivity index (χ0v) is 14.8. The van der Waals surface area contributed by atoms with Gasteiger partial charge in [0.25, 0.3) is 0 Å². The average molecular weight is 336 g/mol. The van der Waals surface area contributed by atoms with Gasteiger partial charge < -0.3 is 14.9 Å². The smallest absolute Gasteiger partial charge is 0.306 e. The number of hydrogen-bond acceptors (Lipinski definition) is 4. The van der Waals surface area contributed by atoms with Gasteiger partial charge in [0.1, 0.15) is 6.10 Å². The number of aliphatic hydroxyl groups is 2. The minimum Gasteiger partial charge on any atom is -0.462 e. The number of esters is 1. The molecule has 24 heavy (non-hydrogen) atoms. The summed E-state index contributed by atoms with van der Waals surface area (Å²) in [4.78, 5) is 11.3. The van der Waals surface area contributed by atoms with Gasteiger partial charge in [-0.25, -0.2) is 0 Å². The molecule has 2 aliphatic rings. The fourth-order valence-corrected chi connectivity index (χ4v) is 3.31. The van der Waals surface area contributed by atoms with E-state index in [1.807, 2.05) is 12.2 Å². The van der Waals surface area contributed by atoms with E-state index < -0.39 is 12.2 Å². The number of ether oxygens (including phenoxy) is 1. The monoisotopic (exact) mass is 336 g/mol. The summed E-state index contributed by atoms with van der Waals surface area (Å²) in [5, 5.41) is 20.0. The summed E-state index contributed by atoms with van der Waals surface area (Å²) >= 11 is 0. The second-order valence-electron chi connectivity index (χ2n) is 7.13. The zero-order chi connectivity index (χ0) is 17.4. The highest BCUT2D eigenvalue weighted by atomic mass is 16.5. The average Bonchev–Trinajstić information content (AvgIpc) is 3.35. The van der Waals surface area contributed by atoms with E-state index in [0.717, 1.165) is 25.7 Å². The molecular formula is C20H32O4. The van der Waals surface area contributed by atoms with Crippen molar-refractivity contribution in [3.63, 3.8) is 0 Å². The molecule has 1 aliphatic heterocycles. The lowest BCUT2D eigenvalue weighted by Gasteiger charge is -2.22. The summed E-state index contributed by atoms with van der Waals surface area (Å²) in [5.74, 6) is 0.683. The molecule has 0 aromatic heterocycles. The predicted octanol–water partition coefficient (Wildman–Crippen LogP) is 3.52. The van der Waals surface area contributed by atoms with Gasteiger partial charge in [-0.3, -0.25) is 4.79 Å². The molecule has 1 aliphatic carbocycles. The Morgan fingerprint density at radius 3 is 2.88 bits per heavy atom. The molecule has 136 valence electrons. The molecule has 0 aromatic rings. The number of rotatable bonds is 10. The van der Waals surface area contributed by atoms with Gasteiger partial charge in [0.15, 0.2) is 0 Å². The van der Waals surface area contributed by atoms with Gasteiger partial charge >= 0.3 is 5.97 Å². The molecule has 2 N–H and O–H groups in total. The Bertz CT molecular complexity index is 443. The second kappa shape index (κ2) is 10.00. The van der Waals surface area contributed by atoms with Crippen LogP contribution in [0.25, 0.3) is 0 Å². The summed E-state index contributed by atoms with van der Waals surface area (Å²) in [7, 11) is 0. The molecule has 0 bridgehead atoms. The Labute approximate surface area is 145 Å². The molecule has 0 spiro atoms. The van der Waals surface area contributed by atoms with Crippen LogP contribution in [-0.2, 0) is 9.53 Å². The molecule has 4 heteroatoms. The van der Waals surface area contributed by atoms with Crippen LogP contribution >= 0.6 is 0 Å². The van der Waals surface area contributed by atoms with Gasteiger partial charge in [-0.1, -0.05) is 44.1 Å². The first kappa shape index (κ1) is 19.2. The Balaban J connectivity index is 1.64. The number of carbonyl (C=O) groups excluding carboxylic acids is 1. The lowest BCUT2D eigenvalue weighted by atomic mass is 10.0. The van der Waals surface area contributed by atoms with Crippen molar-refractivity contribution >= 4 is 5.97 Å². The van der Waals surface area contributed by atoms with E-state index in [4.69, 9.17) is 4.74 Å². The highest BCUT2D eigenvalue weighted by Crippen LogP contribution is 2.46. The molecule has 0 aromatic carbocycles. The Hall–Kier alpha value is -1.13. The van der Waals surface area contributed by atoms with Crippen molar-refractivity contribution < 1.29 is 19.7 Å². The van der Waals surface area contributed by atoms with Crippen LogP contribution in [0.1, 0.15) is 64.7 Å². The van der Waals surface area contributed by atoms with Gasteiger partial charge in [-0.15, -0.1) is 0 Å². The largest absolute Gasteiger partial charge is 0.462 e. The fourth-order valence-electron chi connectivity index (χ4n) is 3.31. The number of cyclic esters (lactones) is 1. The van der Waals surface area contributed by atoms with Crippen LogP contribution in [0.4, 0.5) is 0 Å². The number of carbonyl (C=O) groups is 1. The summed E-state index contributed by atoms with van der Waals surface area (Å²) in [6.07, 6.45) is 14.7. The van der Waals surface area contributed by atoms with E-state index in [-0.39, 0.29) is 12.1 Å². The number of allylic oxidation sites excluding steroid dienone is 2. The van der Waals surface area contributed by atoms with Gasteiger partial charge in [0.05, 0.1) is 12.2 Å². The van der Waals surface area contributed by atoms with Crippen molar-refractivity contribution in [2.75, 3.05) is 0 Å². The van der Waals surface area contributed by atoms with Crippen LogP contribution in [0, 0.1) is 11.8 Å². The van der Waals surface area contributed by atoms with Gasteiger partial charge in [0.2, 0.25) is 0 Å². The Morgan fingerprint density at radius 2 is 2.12 bits per heavy atom. The molecule has 4 nitrogen and oxygen atoms in total. The van der Waals surface area contributed by atoms with Crippen molar-refractivity contribution in [2.24, 2.45) is 11.8 Å². The van der Waals surface area contributed by atoms with Gasteiger partial charge in [0, 0.05) is 12.3 Å². The normalized spacial score (nSPS) is 29.8. The minimum atomic E-state index is -0.833. The molecule has 0 unspecified atom stereocenters. The van der Waals surface area contributed by atoms with Crippen molar-refractivity contribution in [3.05, 3.63) is 24.3 Å². The van der Waals surface area contributed by atoms with Crippen molar-refractivity contribution in [3.8, 4) is 0 Å². The number of aliphatic hydroxyl groups excluding tert-OH is 2. The molecule has 2 fully saturated rings. The Morgan fingerprint density at radius 1 is 1.29 bits per heavy atom. The van der Waals surface area contributed by atoms with E-state index in [1.54, 1.807) is 6.08 Å². The molecule has 0 radical (unpaired) electrons. The molecule has 1 saturated heterocycles. The van der Waals surface area contributed by atoms with Crippen LogP contribution in [0.15, 0.2) is 24.3 Å². The molecule has 2 rings (SSSR count). The van der Waals surface area contributed by atoms with Crippen molar-refractivity contribution in [1.82, 2.24) is 0 Å². The Kier molecular flexibility index (Phi) is 8.00. The maximum Gasteiger partial charge on any atom is 0.306 e. The summed E-state index contributed by atoms with van der Waals surface area (Å²) in [6, 6.07) is 0. The highest BCUT2D eigenvalue weighted by molar-refractivity contribution is 5.70. The zero-order valence-electron chi connectivity index (χ0n) is 14.8. The van der Waals surface area contributed by atoms with E-state index >= 15 is 0 Å². The lowest BCUT2D eigenvalue weighted by Crippen LogP contribution is -2.25. The molecule has 0 amide bonds. The first-order valence-electron chi connectivity index (χ1n) is 9.50. The van der Waals surface area contributed by atoms with E-state index in [0.29, 0.717) is 24.7 Å². The fraction of sp³-hybridized carbons (Fsp3) is 0.750. The molecule has 1 heterocycles. The number of hydrogen-bond donors (Lipinski definition) is 2. The van der Waals surface area contributed by atoms with Crippen molar-refractivity contribution in [2.45, 2.75) is 83.0 Å². The van der Waals surface area contributed by atoms with Crippen LogP contribution < -0.4 is 0 Å². The van der Waals surface area contributed by atoms with E-state index in [9.17, 15) is 15.0 Å². The molecule has 5 atom stereocenters. The van der Waals surface area contributed by atoms with Crippen LogP contribution in [-0.4, -0.2) is 34.5 Å². The summed E-state index contributed by atoms with van der Waals surface area (Å²) in [5.41, 5.74) is 0. The minimum absolute atomic E-state index is 0.0500. The SMILES string of the molecule is CCCCC/C=C\C[C@H](O)[C@@H](O)/C=C/[C@H]1C[C@H]1[C@@H]1CCCC(=O)O1. The molecular weight excluding hydrogens is 304 g/mol. The molecule has 1 saturated carbocycles. The standard InChI is InChI=1S/C20H32O4/c1-2-3-4-5-6-7-9-17(21)18(22)13-12-15-14-16(15)19-10-8-11-20(23)24-19/h6-7,12-13,15-19,21-22H,2-5,8-11,14H2,1H3/b7-6-,13-12+/t15-,16+,17-,18-,19-/m0/s1. The van der Waals surface area contributed by atoms with E-state index in [1.165, 1.54) is 19.3 Å². The quantitative estimate of drug-likeness (QED) is 0.364. The summed E-state index contributed by atoms with van der Waals surface area (Å²) in [6.45, 7) is 2.18. The van der Waals surface area contributed by atoms with Crippen molar-refractivity contribution in [1.29, 1.82) is 0 Å². The second-order valence-corrected chi connectivity index (χ2v) is 7.13. The maximum absolute atomic E-state index is 11.3. The van der Waals surface area contributed by atoms with E-state index in [2.05, 4.69) is 13.0 Å². The maximum atomic E-state index is 11.3. The third kappa shape index (κ3) is 6.40. The summed E-state index contributed by atoms with van der Waals surface area (Å²) < 4.78 is 5.39. The van der Waals surface area contributed by atoms with Crippen LogP contribution in [0.5, 0.6) is 0 Å². The third-order valence-electron chi connectivity index (χ3n) is 4.99. The first-order valence-corrected chi connectivity index (χ1v) is 9.50.